The average molecular weight is 480 g/mol. The van der Waals surface area contributed by atoms with Crippen LogP contribution in [0.15, 0.2) is 86.3 Å². The summed E-state index contributed by atoms with van der Waals surface area (Å²) in [7, 11) is -3.75. The Labute approximate surface area is 195 Å². The zero-order chi connectivity index (χ0) is 23.6. The standard InChI is InChI=1S/C24H21N3O4S2/c1-32-18-7-4-16(5-8-18)17-6-11-20-21(12-17)22(24(29)27-23(20)28)14-26-13-15-2-9-19(10-3-15)33(25,30)31/h2-12,14H,13H2,1H3,(H2,25,30,31)(H2,27,28,29). The number of benzene rings is 3. The number of fused-ring (bicyclic) bond motifs is 1. The lowest BCUT2D eigenvalue weighted by Crippen LogP contribution is -2.11. The van der Waals surface area contributed by atoms with Gasteiger partial charge in [-0.15, -0.1) is 11.8 Å². The molecule has 7 nitrogen and oxygen atoms in total. The molecule has 4 aromatic rings. The van der Waals surface area contributed by atoms with Crippen molar-refractivity contribution in [1.29, 1.82) is 0 Å². The van der Waals surface area contributed by atoms with E-state index in [0.717, 1.165) is 21.6 Å². The van der Waals surface area contributed by atoms with Gasteiger partial charge in [-0.25, -0.2) is 13.6 Å². The summed E-state index contributed by atoms with van der Waals surface area (Å²) in [5.74, 6) is -0.268. The Morgan fingerprint density at radius 3 is 2.30 bits per heavy atom. The molecule has 0 atom stereocenters. The smallest absolute Gasteiger partial charge is 0.258 e. The molecule has 0 fully saturated rings. The number of aliphatic imine (C=N–C) groups is 1. The maximum atomic E-state index is 12.4. The van der Waals surface area contributed by atoms with Gasteiger partial charge in [0, 0.05) is 21.9 Å². The molecule has 0 aliphatic rings. The van der Waals surface area contributed by atoms with Gasteiger partial charge < -0.3 is 5.11 Å². The molecule has 0 radical (unpaired) electrons. The Bertz CT molecular complexity index is 1510. The number of pyridine rings is 1. The SMILES string of the molecule is CSc1ccc(-c2ccc3c(=O)[nH]c(O)c(C=NCc4ccc(S(N)(=O)=O)cc4)c3c2)cc1. The van der Waals surface area contributed by atoms with Crippen LogP contribution in [0.1, 0.15) is 11.1 Å². The number of nitrogens with two attached hydrogens (primary N) is 1. The average Bonchev–Trinajstić information content (AvgIpc) is 2.80. The maximum absolute atomic E-state index is 12.4. The number of hydrogen-bond acceptors (Lipinski definition) is 6. The molecule has 0 saturated heterocycles. The highest BCUT2D eigenvalue weighted by Crippen LogP contribution is 2.28. The van der Waals surface area contributed by atoms with E-state index in [9.17, 15) is 18.3 Å². The van der Waals surface area contributed by atoms with Gasteiger partial charge in [-0.1, -0.05) is 30.3 Å². The van der Waals surface area contributed by atoms with Crippen LogP contribution in [-0.4, -0.2) is 31.0 Å². The third-order valence-corrected chi connectivity index (χ3v) is 6.88. The molecule has 3 aromatic carbocycles. The first-order valence-corrected chi connectivity index (χ1v) is 12.7. The van der Waals surface area contributed by atoms with Gasteiger partial charge in [-0.3, -0.25) is 14.8 Å². The van der Waals surface area contributed by atoms with Gasteiger partial charge >= 0.3 is 0 Å². The van der Waals surface area contributed by atoms with Crippen LogP contribution in [-0.2, 0) is 16.6 Å². The number of nitrogens with zero attached hydrogens (tertiary/aromatic N) is 1. The second-order valence-corrected chi connectivity index (χ2v) is 9.81. The van der Waals surface area contributed by atoms with E-state index in [1.807, 2.05) is 42.7 Å². The Balaban J connectivity index is 1.69. The van der Waals surface area contributed by atoms with Crippen molar-refractivity contribution in [2.24, 2.45) is 10.1 Å². The normalized spacial score (nSPS) is 11.9. The summed E-state index contributed by atoms with van der Waals surface area (Å²) in [5, 5.41) is 16.6. The van der Waals surface area contributed by atoms with E-state index in [2.05, 4.69) is 9.98 Å². The van der Waals surface area contributed by atoms with Gasteiger partial charge in [0.15, 0.2) is 0 Å². The molecule has 1 aromatic heterocycles. The van der Waals surface area contributed by atoms with Crippen LogP contribution in [0.5, 0.6) is 5.88 Å². The van der Waals surface area contributed by atoms with Crippen molar-refractivity contribution in [3.05, 3.63) is 88.2 Å². The van der Waals surface area contributed by atoms with Crippen LogP contribution in [0.3, 0.4) is 0 Å². The minimum Gasteiger partial charge on any atom is -0.494 e. The molecule has 4 rings (SSSR count). The quantitative estimate of drug-likeness (QED) is 0.286. The largest absolute Gasteiger partial charge is 0.494 e. The molecule has 1 heterocycles. The number of rotatable bonds is 6. The highest BCUT2D eigenvalue weighted by molar-refractivity contribution is 7.98. The number of aromatic hydroxyl groups is 1. The molecule has 168 valence electrons. The van der Waals surface area contributed by atoms with E-state index in [1.54, 1.807) is 30.0 Å². The van der Waals surface area contributed by atoms with Gasteiger partial charge in [0.1, 0.15) is 0 Å². The van der Waals surface area contributed by atoms with Crippen LogP contribution in [0.2, 0.25) is 0 Å². The summed E-state index contributed by atoms with van der Waals surface area (Å²) in [6.07, 6.45) is 3.52. The molecule has 0 amide bonds. The van der Waals surface area contributed by atoms with Crippen molar-refractivity contribution in [2.45, 2.75) is 16.3 Å². The van der Waals surface area contributed by atoms with E-state index >= 15 is 0 Å². The minimum atomic E-state index is -3.75. The number of aromatic amines is 1. The van der Waals surface area contributed by atoms with Crippen LogP contribution in [0, 0.1) is 0 Å². The molecule has 33 heavy (non-hydrogen) atoms. The molecule has 0 spiro atoms. The summed E-state index contributed by atoms with van der Waals surface area (Å²) < 4.78 is 22.8. The maximum Gasteiger partial charge on any atom is 0.258 e. The minimum absolute atomic E-state index is 0.0256. The molecule has 0 aliphatic carbocycles. The van der Waals surface area contributed by atoms with Gasteiger partial charge in [0.05, 0.1) is 17.0 Å². The zero-order valence-corrected chi connectivity index (χ0v) is 19.3. The number of hydrogen-bond donors (Lipinski definition) is 3. The van der Waals surface area contributed by atoms with Gasteiger partial charge in [0.2, 0.25) is 15.9 Å². The number of thioether (sulfide) groups is 1. The fourth-order valence-corrected chi connectivity index (χ4v) is 4.38. The number of nitrogens with one attached hydrogen (secondary N) is 1. The molecular weight excluding hydrogens is 458 g/mol. The highest BCUT2D eigenvalue weighted by Gasteiger charge is 2.11. The first kappa shape index (κ1) is 22.8. The van der Waals surface area contributed by atoms with Crippen LogP contribution >= 0.6 is 11.8 Å². The van der Waals surface area contributed by atoms with E-state index in [0.29, 0.717) is 16.3 Å². The van der Waals surface area contributed by atoms with E-state index in [-0.39, 0.29) is 22.9 Å². The third-order valence-electron chi connectivity index (χ3n) is 5.21. The van der Waals surface area contributed by atoms with Crippen molar-refractivity contribution in [1.82, 2.24) is 4.98 Å². The lowest BCUT2D eigenvalue weighted by molar-refractivity contribution is 0.452. The molecule has 0 saturated carbocycles. The predicted octanol–water partition coefficient (Wildman–Crippen LogP) is 3.89. The summed E-state index contributed by atoms with van der Waals surface area (Å²) in [6, 6.07) is 19.6. The second-order valence-electron chi connectivity index (χ2n) is 7.36. The van der Waals surface area contributed by atoms with Crippen LogP contribution < -0.4 is 10.7 Å². The Morgan fingerprint density at radius 1 is 1.00 bits per heavy atom. The molecular formula is C24H21N3O4S2. The Kier molecular flexibility index (Phi) is 6.37. The Morgan fingerprint density at radius 2 is 1.67 bits per heavy atom. The monoisotopic (exact) mass is 479 g/mol. The lowest BCUT2D eigenvalue weighted by atomic mass is 10.00. The first-order valence-electron chi connectivity index (χ1n) is 9.91. The lowest BCUT2D eigenvalue weighted by Gasteiger charge is -2.08. The van der Waals surface area contributed by atoms with E-state index in [1.165, 1.54) is 18.3 Å². The number of H-pyrrole nitrogens is 1. The van der Waals surface area contributed by atoms with E-state index in [4.69, 9.17) is 5.14 Å². The molecule has 4 N–H and O–H groups in total. The van der Waals surface area contributed by atoms with Crippen molar-refractivity contribution in [3.63, 3.8) is 0 Å². The summed E-state index contributed by atoms with van der Waals surface area (Å²) in [6.45, 7) is 0.251. The predicted molar refractivity (Wildman–Crippen MR) is 133 cm³/mol. The number of aromatic nitrogens is 1. The van der Waals surface area contributed by atoms with Gasteiger partial charge in [0.25, 0.3) is 5.56 Å². The topological polar surface area (TPSA) is 126 Å². The first-order chi connectivity index (χ1) is 15.8. The molecule has 0 unspecified atom stereocenters. The zero-order valence-electron chi connectivity index (χ0n) is 17.6. The highest BCUT2D eigenvalue weighted by atomic mass is 32.2. The third kappa shape index (κ3) is 5.00. The summed E-state index contributed by atoms with van der Waals surface area (Å²) >= 11 is 1.66. The van der Waals surface area contributed by atoms with Crippen LogP contribution in [0.25, 0.3) is 21.9 Å². The van der Waals surface area contributed by atoms with Crippen molar-refractivity contribution in [3.8, 4) is 17.0 Å². The Hall–Kier alpha value is -3.40. The van der Waals surface area contributed by atoms with Gasteiger partial charge in [-0.2, -0.15) is 0 Å². The van der Waals surface area contributed by atoms with Crippen molar-refractivity contribution >= 4 is 38.8 Å². The molecule has 0 aliphatic heterocycles. The number of primary sulfonamides is 1. The second kappa shape index (κ2) is 9.22. The summed E-state index contributed by atoms with van der Waals surface area (Å²) in [5.41, 5.74) is 2.68. The fourth-order valence-electron chi connectivity index (χ4n) is 3.46. The fraction of sp³-hybridized carbons (Fsp3) is 0.0833. The molecule has 9 heteroatoms. The number of sulfonamides is 1. The van der Waals surface area contributed by atoms with Crippen molar-refractivity contribution < 1.29 is 13.5 Å². The summed E-state index contributed by atoms with van der Waals surface area (Å²) in [4.78, 5) is 20.4. The van der Waals surface area contributed by atoms with Gasteiger partial charge in [-0.05, 0) is 59.3 Å². The van der Waals surface area contributed by atoms with Crippen LogP contribution in [0.4, 0.5) is 0 Å². The van der Waals surface area contributed by atoms with Crippen molar-refractivity contribution in [2.75, 3.05) is 6.26 Å². The molecule has 0 bridgehead atoms. The van der Waals surface area contributed by atoms with E-state index < -0.39 is 10.0 Å².